The van der Waals surface area contributed by atoms with Crippen molar-refractivity contribution in [2.45, 2.75) is 19.4 Å². The molecule has 0 saturated heterocycles. The Kier molecular flexibility index (Phi) is 5.25. The van der Waals surface area contributed by atoms with E-state index in [1.807, 2.05) is 36.4 Å². The first-order valence-electron chi connectivity index (χ1n) is 9.09. The van der Waals surface area contributed by atoms with E-state index in [1.165, 1.54) is 0 Å². The lowest BCUT2D eigenvalue weighted by molar-refractivity contribution is -0.121. The summed E-state index contributed by atoms with van der Waals surface area (Å²) in [5.41, 5.74) is 2.47. The fraction of sp³-hybridized carbons (Fsp3) is 0.182. The van der Waals surface area contributed by atoms with Gasteiger partial charge in [-0.05, 0) is 41.6 Å². The lowest BCUT2D eigenvalue weighted by atomic mass is 10.1. The van der Waals surface area contributed by atoms with E-state index in [2.05, 4.69) is 5.32 Å². The fourth-order valence-electron chi connectivity index (χ4n) is 3.55. The Morgan fingerprint density at radius 2 is 1.82 bits per heavy atom. The van der Waals surface area contributed by atoms with Crippen molar-refractivity contribution in [3.63, 3.8) is 0 Å². The molecule has 28 heavy (non-hydrogen) atoms. The van der Waals surface area contributed by atoms with Crippen LogP contribution in [0.5, 0.6) is 0 Å². The van der Waals surface area contributed by atoms with Gasteiger partial charge in [0.2, 0.25) is 5.91 Å². The molecule has 0 atom stereocenters. The Labute approximate surface area is 173 Å². The van der Waals surface area contributed by atoms with Gasteiger partial charge in [-0.2, -0.15) is 0 Å². The van der Waals surface area contributed by atoms with Gasteiger partial charge in [-0.1, -0.05) is 53.5 Å². The van der Waals surface area contributed by atoms with E-state index in [4.69, 9.17) is 23.2 Å². The Morgan fingerprint density at radius 1 is 1.04 bits per heavy atom. The summed E-state index contributed by atoms with van der Waals surface area (Å²) in [6.07, 6.45) is 0.914. The average molecular weight is 413 g/mol. The normalized spacial score (nSPS) is 12.6. The van der Waals surface area contributed by atoms with Crippen LogP contribution in [0.15, 0.2) is 54.6 Å². The SMILES string of the molecule is O=C(CCCN1C(=O)c2cccc3cccc1c23)NCc1ccc(Cl)cc1Cl. The van der Waals surface area contributed by atoms with Crippen molar-refractivity contribution < 1.29 is 9.59 Å². The molecule has 6 heteroatoms. The molecular formula is C22H18Cl2N2O2. The van der Waals surface area contributed by atoms with Crippen molar-refractivity contribution in [2.24, 2.45) is 0 Å². The Morgan fingerprint density at radius 3 is 2.61 bits per heavy atom. The van der Waals surface area contributed by atoms with Gasteiger partial charge in [0.1, 0.15) is 0 Å². The second-order valence-electron chi connectivity index (χ2n) is 6.75. The average Bonchev–Trinajstić information content (AvgIpc) is 2.95. The summed E-state index contributed by atoms with van der Waals surface area (Å²) in [6, 6.07) is 16.9. The zero-order valence-corrected chi connectivity index (χ0v) is 16.6. The van der Waals surface area contributed by atoms with Crippen LogP contribution < -0.4 is 10.2 Å². The van der Waals surface area contributed by atoms with Gasteiger partial charge < -0.3 is 10.2 Å². The highest BCUT2D eigenvalue weighted by atomic mass is 35.5. The topological polar surface area (TPSA) is 49.4 Å². The quantitative estimate of drug-likeness (QED) is 0.604. The molecule has 1 aliphatic heterocycles. The van der Waals surface area contributed by atoms with Crippen LogP contribution in [0.3, 0.4) is 0 Å². The van der Waals surface area contributed by atoms with E-state index in [-0.39, 0.29) is 11.8 Å². The van der Waals surface area contributed by atoms with Crippen LogP contribution in [-0.4, -0.2) is 18.4 Å². The molecule has 0 fully saturated rings. The number of nitrogens with zero attached hydrogens (tertiary/aromatic N) is 1. The molecule has 1 heterocycles. The molecule has 0 saturated carbocycles. The molecule has 1 N–H and O–H groups in total. The van der Waals surface area contributed by atoms with Gasteiger partial charge in [0, 0.05) is 40.5 Å². The van der Waals surface area contributed by atoms with Crippen LogP contribution in [0.2, 0.25) is 10.0 Å². The van der Waals surface area contributed by atoms with Gasteiger partial charge in [0.25, 0.3) is 5.91 Å². The first-order valence-corrected chi connectivity index (χ1v) is 9.84. The molecule has 0 aliphatic carbocycles. The number of rotatable bonds is 6. The highest BCUT2D eigenvalue weighted by Gasteiger charge is 2.28. The van der Waals surface area contributed by atoms with Gasteiger partial charge >= 0.3 is 0 Å². The fourth-order valence-corrected chi connectivity index (χ4v) is 4.02. The van der Waals surface area contributed by atoms with Crippen molar-refractivity contribution in [3.05, 3.63) is 75.8 Å². The number of hydrogen-bond acceptors (Lipinski definition) is 2. The van der Waals surface area contributed by atoms with Crippen LogP contribution in [0.1, 0.15) is 28.8 Å². The minimum absolute atomic E-state index is 0.000143. The summed E-state index contributed by atoms with van der Waals surface area (Å²) in [4.78, 5) is 26.7. The zero-order chi connectivity index (χ0) is 19.7. The monoisotopic (exact) mass is 412 g/mol. The van der Waals surface area contributed by atoms with Crippen LogP contribution in [0.25, 0.3) is 10.8 Å². The first-order chi connectivity index (χ1) is 13.5. The molecule has 0 bridgehead atoms. The number of benzene rings is 3. The van der Waals surface area contributed by atoms with Gasteiger partial charge in [-0.3, -0.25) is 9.59 Å². The minimum atomic E-state index is -0.0756. The highest BCUT2D eigenvalue weighted by molar-refractivity contribution is 6.35. The molecule has 3 aromatic carbocycles. The van der Waals surface area contributed by atoms with Crippen molar-refractivity contribution in [3.8, 4) is 0 Å². The summed E-state index contributed by atoms with van der Waals surface area (Å²) >= 11 is 12.0. The van der Waals surface area contributed by atoms with E-state index in [0.29, 0.717) is 36.0 Å². The predicted molar refractivity (Wildman–Crippen MR) is 113 cm³/mol. The largest absolute Gasteiger partial charge is 0.352 e. The molecule has 4 rings (SSSR count). The summed E-state index contributed by atoms with van der Waals surface area (Å²) < 4.78 is 0. The van der Waals surface area contributed by atoms with Gasteiger partial charge in [-0.25, -0.2) is 0 Å². The van der Waals surface area contributed by atoms with Gasteiger partial charge in [-0.15, -0.1) is 0 Å². The maximum absolute atomic E-state index is 12.7. The maximum Gasteiger partial charge on any atom is 0.258 e. The van der Waals surface area contributed by atoms with E-state index in [1.54, 1.807) is 23.1 Å². The lowest BCUT2D eigenvalue weighted by Crippen LogP contribution is -2.29. The first kappa shape index (κ1) is 18.8. The molecule has 4 nitrogen and oxygen atoms in total. The van der Waals surface area contributed by atoms with Gasteiger partial charge in [0.05, 0.1) is 5.69 Å². The smallest absolute Gasteiger partial charge is 0.258 e. The lowest BCUT2D eigenvalue weighted by Gasteiger charge is -2.17. The van der Waals surface area contributed by atoms with E-state index >= 15 is 0 Å². The van der Waals surface area contributed by atoms with Crippen LogP contribution >= 0.6 is 23.2 Å². The number of carbonyl (C=O) groups is 2. The number of nitrogens with one attached hydrogen (secondary N) is 1. The van der Waals surface area contributed by atoms with E-state index < -0.39 is 0 Å². The third-order valence-corrected chi connectivity index (χ3v) is 5.51. The van der Waals surface area contributed by atoms with Crippen molar-refractivity contribution in [2.75, 3.05) is 11.4 Å². The molecule has 0 unspecified atom stereocenters. The second-order valence-corrected chi connectivity index (χ2v) is 7.60. The molecule has 0 aromatic heterocycles. The van der Waals surface area contributed by atoms with Crippen molar-refractivity contribution >= 4 is 51.5 Å². The highest BCUT2D eigenvalue weighted by Crippen LogP contribution is 2.37. The van der Waals surface area contributed by atoms with Crippen LogP contribution in [0, 0.1) is 0 Å². The molecule has 3 aromatic rings. The summed E-state index contributed by atoms with van der Waals surface area (Å²) in [6.45, 7) is 0.851. The van der Waals surface area contributed by atoms with Gasteiger partial charge in [0.15, 0.2) is 0 Å². The van der Waals surface area contributed by atoms with Crippen LogP contribution in [0.4, 0.5) is 5.69 Å². The third-order valence-electron chi connectivity index (χ3n) is 4.93. The molecule has 142 valence electrons. The summed E-state index contributed by atoms with van der Waals surface area (Å²) in [7, 11) is 0. The summed E-state index contributed by atoms with van der Waals surface area (Å²) in [5.74, 6) is -0.0754. The second kappa shape index (κ2) is 7.82. The minimum Gasteiger partial charge on any atom is -0.352 e. The third kappa shape index (κ3) is 3.58. The van der Waals surface area contributed by atoms with Crippen molar-refractivity contribution in [1.29, 1.82) is 0 Å². The number of amides is 2. The molecule has 0 radical (unpaired) electrons. The number of anilines is 1. The number of hydrogen-bond donors (Lipinski definition) is 1. The van der Waals surface area contributed by atoms with Crippen molar-refractivity contribution in [1.82, 2.24) is 5.32 Å². The number of carbonyl (C=O) groups excluding carboxylic acids is 2. The van der Waals surface area contributed by atoms with E-state index in [9.17, 15) is 9.59 Å². The predicted octanol–water partition coefficient (Wildman–Crippen LogP) is 5.20. The Bertz CT molecular complexity index is 1080. The molecular weight excluding hydrogens is 395 g/mol. The number of halogens is 2. The molecule has 1 aliphatic rings. The zero-order valence-electron chi connectivity index (χ0n) is 15.0. The molecule has 2 amide bonds. The maximum atomic E-state index is 12.7. The molecule has 0 spiro atoms. The Balaban J connectivity index is 1.34. The summed E-state index contributed by atoms with van der Waals surface area (Å²) in [5, 5.41) is 6.01. The van der Waals surface area contributed by atoms with Crippen LogP contribution in [-0.2, 0) is 11.3 Å². The Hall–Kier alpha value is -2.56. The standard InChI is InChI=1S/C22H18Cl2N2O2/c23-16-10-9-15(18(24)12-16)13-25-20(27)8-3-11-26-19-7-2-5-14-4-1-6-17(21(14)19)22(26)28/h1-2,4-7,9-10,12H,3,8,11,13H2,(H,25,27). The van der Waals surface area contributed by atoms with E-state index in [0.717, 1.165) is 27.6 Å².